The molecule has 0 spiro atoms. The van der Waals surface area contributed by atoms with Crippen molar-refractivity contribution in [1.29, 1.82) is 5.26 Å². The number of rotatable bonds is 4. The van der Waals surface area contributed by atoms with E-state index in [2.05, 4.69) is 25.2 Å². The number of hydrogen-bond donors (Lipinski definition) is 1. The molecule has 0 aromatic rings. The maximum absolute atomic E-state index is 8.50. The molecule has 0 aromatic heterocycles. The minimum atomic E-state index is 0.0609. The van der Waals surface area contributed by atoms with Gasteiger partial charge >= 0.3 is 0 Å². The molecule has 80 valence electrons. The number of nitrogens with one attached hydrogen (secondary N) is 1. The van der Waals surface area contributed by atoms with Gasteiger partial charge in [-0.1, -0.05) is 13.8 Å². The lowest BCUT2D eigenvalue weighted by Crippen LogP contribution is -2.46. The molecule has 1 aliphatic rings. The van der Waals surface area contributed by atoms with Gasteiger partial charge < -0.3 is 10.1 Å². The Hall–Kier alpha value is -0.590. The zero-order chi connectivity index (χ0) is 10.4. The summed E-state index contributed by atoms with van der Waals surface area (Å²) in [6.45, 7) is 5.63. The van der Waals surface area contributed by atoms with Gasteiger partial charge in [0, 0.05) is 12.6 Å². The lowest BCUT2D eigenvalue weighted by molar-refractivity contribution is -0.0926. The van der Waals surface area contributed by atoms with E-state index in [-0.39, 0.29) is 5.60 Å². The summed E-state index contributed by atoms with van der Waals surface area (Å²) in [6, 6.07) is 2.59. The Morgan fingerprint density at radius 1 is 1.50 bits per heavy atom. The minimum absolute atomic E-state index is 0.0609. The largest absolute Gasteiger partial charge is 0.375 e. The molecule has 14 heavy (non-hydrogen) atoms. The molecule has 0 aliphatic carbocycles. The van der Waals surface area contributed by atoms with Crippen molar-refractivity contribution in [1.82, 2.24) is 5.32 Å². The number of nitriles is 1. The van der Waals surface area contributed by atoms with E-state index in [4.69, 9.17) is 10.00 Å². The van der Waals surface area contributed by atoms with E-state index in [1.807, 2.05) is 0 Å². The Kier molecular flexibility index (Phi) is 4.37. The van der Waals surface area contributed by atoms with Crippen LogP contribution < -0.4 is 5.32 Å². The van der Waals surface area contributed by atoms with Crippen molar-refractivity contribution in [2.45, 2.75) is 51.2 Å². The molecule has 0 radical (unpaired) electrons. The quantitative estimate of drug-likeness (QED) is 0.698. The maximum Gasteiger partial charge on any atom is 0.0843 e. The fourth-order valence-corrected chi connectivity index (χ4v) is 2.13. The topological polar surface area (TPSA) is 45.0 Å². The van der Waals surface area contributed by atoms with E-state index in [0.717, 1.165) is 32.3 Å². The molecule has 0 bridgehead atoms. The normalized spacial score (nSPS) is 25.6. The third-order valence-electron chi connectivity index (χ3n) is 3.25. The van der Waals surface area contributed by atoms with E-state index < -0.39 is 0 Å². The van der Waals surface area contributed by atoms with E-state index in [9.17, 15) is 0 Å². The molecule has 1 aliphatic heterocycles. The van der Waals surface area contributed by atoms with Crippen molar-refractivity contribution in [3.05, 3.63) is 0 Å². The van der Waals surface area contributed by atoms with Gasteiger partial charge in [0.05, 0.1) is 18.2 Å². The fraction of sp³-hybridized carbons (Fsp3) is 0.909. The first kappa shape index (κ1) is 11.5. The zero-order valence-corrected chi connectivity index (χ0v) is 9.18. The van der Waals surface area contributed by atoms with Crippen LogP contribution in [-0.2, 0) is 4.74 Å². The summed E-state index contributed by atoms with van der Waals surface area (Å²) in [5.41, 5.74) is 0.0609. The Morgan fingerprint density at radius 3 is 2.79 bits per heavy atom. The second kappa shape index (κ2) is 5.33. The molecule has 0 aromatic carbocycles. The van der Waals surface area contributed by atoms with E-state index in [1.165, 1.54) is 0 Å². The van der Waals surface area contributed by atoms with Crippen molar-refractivity contribution in [2.24, 2.45) is 0 Å². The minimum Gasteiger partial charge on any atom is -0.375 e. The van der Waals surface area contributed by atoms with Crippen molar-refractivity contribution in [2.75, 3.05) is 13.2 Å². The van der Waals surface area contributed by atoms with Gasteiger partial charge in [-0.15, -0.1) is 0 Å². The second-order valence-electron chi connectivity index (χ2n) is 3.97. The van der Waals surface area contributed by atoms with Crippen molar-refractivity contribution >= 4 is 0 Å². The van der Waals surface area contributed by atoms with Crippen molar-refractivity contribution in [3.63, 3.8) is 0 Å². The molecule has 1 rings (SSSR count). The molecular weight excluding hydrogens is 176 g/mol. The molecule has 3 heteroatoms. The van der Waals surface area contributed by atoms with Crippen LogP contribution in [-0.4, -0.2) is 24.8 Å². The molecule has 1 atom stereocenters. The van der Waals surface area contributed by atoms with E-state index in [1.54, 1.807) is 0 Å². The van der Waals surface area contributed by atoms with Crippen molar-refractivity contribution < 1.29 is 4.74 Å². The molecule has 1 N–H and O–H groups in total. The number of nitrogens with zero attached hydrogens (tertiary/aromatic N) is 1. The molecule has 0 amide bonds. The van der Waals surface area contributed by atoms with Gasteiger partial charge in [0.2, 0.25) is 0 Å². The maximum atomic E-state index is 8.50. The van der Waals surface area contributed by atoms with Crippen LogP contribution in [0, 0.1) is 11.3 Å². The fourth-order valence-electron chi connectivity index (χ4n) is 2.13. The molecule has 1 saturated heterocycles. The van der Waals surface area contributed by atoms with Gasteiger partial charge in [0.1, 0.15) is 0 Å². The van der Waals surface area contributed by atoms with Crippen LogP contribution in [0.25, 0.3) is 0 Å². The van der Waals surface area contributed by atoms with Crippen LogP contribution in [0.2, 0.25) is 0 Å². The summed E-state index contributed by atoms with van der Waals surface area (Å²) in [5.74, 6) is 0. The predicted octanol–water partition coefficient (Wildman–Crippen LogP) is 1.84. The lowest BCUT2D eigenvalue weighted by Gasteiger charge is -2.40. The van der Waals surface area contributed by atoms with Crippen molar-refractivity contribution in [3.8, 4) is 6.07 Å². The predicted molar refractivity (Wildman–Crippen MR) is 55.9 cm³/mol. The average Bonchev–Trinajstić information content (AvgIpc) is 2.26. The van der Waals surface area contributed by atoms with Gasteiger partial charge in [-0.05, 0) is 25.7 Å². The van der Waals surface area contributed by atoms with Crippen LogP contribution in [0.5, 0.6) is 0 Å². The highest BCUT2D eigenvalue weighted by atomic mass is 16.5. The Balaban J connectivity index is 2.46. The number of ether oxygens (including phenoxy) is 1. The third kappa shape index (κ3) is 2.70. The van der Waals surface area contributed by atoms with Gasteiger partial charge in [0.25, 0.3) is 0 Å². The SMILES string of the molecule is CCC1(CC)CC(NCC#N)CCO1. The molecule has 1 heterocycles. The van der Waals surface area contributed by atoms with Gasteiger partial charge in [-0.3, -0.25) is 0 Å². The van der Waals surface area contributed by atoms with E-state index >= 15 is 0 Å². The van der Waals surface area contributed by atoms with Crippen LogP contribution in [0.3, 0.4) is 0 Å². The number of hydrogen-bond acceptors (Lipinski definition) is 3. The smallest absolute Gasteiger partial charge is 0.0843 e. The monoisotopic (exact) mass is 196 g/mol. The standard InChI is InChI=1S/C11H20N2O/c1-3-11(4-2)9-10(5-8-14-11)13-7-6-12/h10,13H,3-5,7-9H2,1-2H3. The van der Waals surface area contributed by atoms with Crippen LogP contribution >= 0.6 is 0 Å². The highest BCUT2D eigenvalue weighted by Crippen LogP contribution is 2.31. The summed E-state index contributed by atoms with van der Waals surface area (Å²) in [5, 5.41) is 11.8. The summed E-state index contributed by atoms with van der Waals surface area (Å²) < 4.78 is 5.85. The van der Waals surface area contributed by atoms with E-state index in [0.29, 0.717) is 12.6 Å². The van der Waals surface area contributed by atoms with Crippen LogP contribution in [0.1, 0.15) is 39.5 Å². The highest BCUT2D eigenvalue weighted by molar-refractivity contribution is 4.89. The molecule has 3 nitrogen and oxygen atoms in total. The Morgan fingerprint density at radius 2 is 2.21 bits per heavy atom. The summed E-state index contributed by atoms with van der Waals surface area (Å²) in [7, 11) is 0. The van der Waals surface area contributed by atoms with Gasteiger partial charge in [0.15, 0.2) is 0 Å². The first-order valence-corrected chi connectivity index (χ1v) is 5.50. The van der Waals surface area contributed by atoms with Crippen LogP contribution in [0.15, 0.2) is 0 Å². The average molecular weight is 196 g/mol. The van der Waals surface area contributed by atoms with Gasteiger partial charge in [-0.2, -0.15) is 5.26 Å². The summed E-state index contributed by atoms with van der Waals surface area (Å²) in [6.07, 6.45) is 4.20. The molecule has 1 unspecified atom stereocenters. The Bertz CT molecular complexity index is 206. The summed E-state index contributed by atoms with van der Waals surface area (Å²) in [4.78, 5) is 0. The summed E-state index contributed by atoms with van der Waals surface area (Å²) >= 11 is 0. The first-order chi connectivity index (χ1) is 6.76. The Labute approximate surface area is 86.4 Å². The third-order valence-corrected chi connectivity index (χ3v) is 3.25. The zero-order valence-electron chi connectivity index (χ0n) is 9.18. The first-order valence-electron chi connectivity index (χ1n) is 5.50. The highest BCUT2D eigenvalue weighted by Gasteiger charge is 2.33. The molecule has 0 saturated carbocycles. The lowest BCUT2D eigenvalue weighted by atomic mass is 9.86. The second-order valence-corrected chi connectivity index (χ2v) is 3.97. The van der Waals surface area contributed by atoms with Gasteiger partial charge in [-0.25, -0.2) is 0 Å². The molecular formula is C11H20N2O. The molecule has 1 fully saturated rings. The van der Waals surface area contributed by atoms with Crippen LogP contribution in [0.4, 0.5) is 0 Å².